The second-order valence-corrected chi connectivity index (χ2v) is 7.80. The van der Waals surface area contributed by atoms with Crippen LogP contribution in [-0.4, -0.2) is 34.9 Å². The Bertz CT molecular complexity index is 963. The van der Waals surface area contributed by atoms with Gasteiger partial charge in [-0.1, -0.05) is 23.3 Å². The molecule has 0 radical (unpaired) electrons. The summed E-state index contributed by atoms with van der Waals surface area (Å²) in [6.07, 6.45) is 5.23. The van der Waals surface area contributed by atoms with Crippen LogP contribution in [0.4, 0.5) is 6.01 Å². The van der Waals surface area contributed by atoms with E-state index < -0.39 is 0 Å². The van der Waals surface area contributed by atoms with Gasteiger partial charge in [0, 0.05) is 29.9 Å². The molecule has 2 aliphatic heterocycles. The summed E-state index contributed by atoms with van der Waals surface area (Å²) in [6, 6.07) is 9.27. The van der Waals surface area contributed by atoms with Crippen molar-refractivity contribution < 1.29 is 9.15 Å². The number of rotatable bonds is 2. The van der Waals surface area contributed by atoms with E-state index in [1.54, 1.807) is 0 Å². The molecule has 2 fully saturated rings. The maximum Gasteiger partial charge on any atom is 0.318 e. The van der Waals surface area contributed by atoms with Crippen molar-refractivity contribution in [2.24, 2.45) is 0 Å². The number of aromatic amines is 1. The van der Waals surface area contributed by atoms with Crippen LogP contribution in [0, 0.1) is 0 Å². The van der Waals surface area contributed by atoms with Gasteiger partial charge in [0.1, 0.15) is 5.60 Å². The van der Waals surface area contributed by atoms with Crippen molar-refractivity contribution in [1.29, 1.82) is 0 Å². The third kappa shape index (κ3) is 2.14. The minimum atomic E-state index is -0.206. The Labute approximate surface area is 151 Å². The summed E-state index contributed by atoms with van der Waals surface area (Å²) >= 11 is 0. The fraction of sp³-hybridized carbons (Fsp3) is 0.500. The molecule has 6 rings (SSSR count). The highest BCUT2D eigenvalue weighted by Crippen LogP contribution is 2.44. The van der Waals surface area contributed by atoms with Gasteiger partial charge in [-0.3, -0.25) is 0 Å². The summed E-state index contributed by atoms with van der Waals surface area (Å²) in [4.78, 5) is 5.88. The molecule has 134 valence electrons. The first-order chi connectivity index (χ1) is 12.8. The van der Waals surface area contributed by atoms with Gasteiger partial charge in [-0.15, -0.1) is 5.10 Å². The minimum Gasteiger partial charge on any atom is -0.408 e. The molecule has 3 aromatic rings. The van der Waals surface area contributed by atoms with E-state index in [-0.39, 0.29) is 5.60 Å². The first-order valence-electron chi connectivity index (χ1n) is 9.65. The number of H-pyrrole nitrogens is 1. The molecule has 0 bridgehead atoms. The highest BCUT2D eigenvalue weighted by molar-refractivity contribution is 5.85. The molecule has 26 heavy (non-hydrogen) atoms. The van der Waals surface area contributed by atoms with Crippen molar-refractivity contribution >= 4 is 16.9 Å². The predicted octanol–water partition coefficient (Wildman–Crippen LogP) is 3.50. The molecule has 4 heterocycles. The lowest BCUT2D eigenvalue weighted by Crippen LogP contribution is -2.47. The second-order valence-electron chi connectivity index (χ2n) is 7.80. The minimum absolute atomic E-state index is 0.206. The Hall–Kier alpha value is -2.34. The van der Waals surface area contributed by atoms with Crippen molar-refractivity contribution in [3.05, 3.63) is 41.4 Å². The van der Waals surface area contributed by atoms with Crippen LogP contribution < -0.4 is 4.90 Å². The molecule has 1 saturated heterocycles. The topological polar surface area (TPSA) is 67.2 Å². The Kier molecular flexibility index (Phi) is 3.03. The molecule has 3 aliphatic rings. The summed E-state index contributed by atoms with van der Waals surface area (Å²) in [5, 5.41) is 9.85. The van der Waals surface area contributed by atoms with Crippen molar-refractivity contribution in [3.63, 3.8) is 0 Å². The zero-order valence-corrected chi connectivity index (χ0v) is 14.7. The van der Waals surface area contributed by atoms with Gasteiger partial charge >= 0.3 is 6.01 Å². The molecule has 6 heteroatoms. The molecule has 2 aromatic heterocycles. The molecule has 1 aromatic carbocycles. The Morgan fingerprint density at radius 3 is 2.81 bits per heavy atom. The van der Waals surface area contributed by atoms with E-state index in [0.717, 1.165) is 44.8 Å². The van der Waals surface area contributed by atoms with E-state index in [1.165, 1.54) is 35.0 Å². The standard InChI is InChI=1S/C20H22N4O2/c1-2-4-16-14(3-1)15-7-12-25-20(17(15)21-16)8-10-24(11-9-20)19-23-22-18(26-19)13-5-6-13/h1-4,13,21H,5-12H2. The third-order valence-corrected chi connectivity index (χ3v) is 6.20. The number of piperidine rings is 1. The van der Waals surface area contributed by atoms with Gasteiger partial charge in [0.25, 0.3) is 0 Å². The van der Waals surface area contributed by atoms with E-state index in [2.05, 4.69) is 44.3 Å². The van der Waals surface area contributed by atoms with Crippen LogP contribution in [0.1, 0.15) is 48.7 Å². The molecular weight excluding hydrogens is 328 g/mol. The monoisotopic (exact) mass is 350 g/mol. The van der Waals surface area contributed by atoms with E-state index in [1.807, 2.05) is 0 Å². The number of benzene rings is 1. The molecule has 0 atom stereocenters. The Morgan fingerprint density at radius 1 is 1.12 bits per heavy atom. The number of aromatic nitrogens is 3. The largest absolute Gasteiger partial charge is 0.408 e. The maximum absolute atomic E-state index is 6.38. The van der Waals surface area contributed by atoms with Gasteiger partial charge in [0.15, 0.2) is 0 Å². The molecular formula is C20H22N4O2. The van der Waals surface area contributed by atoms with Gasteiger partial charge < -0.3 is 19.0 Å². The second kappa shape index (κ2) is 5.33. The van der Waals surface area contributed by atoms with Gasteiger partial charge in [-0.25, -0.2) is 0 Å². The lowest BCUT2D eigenvalue weighted by atomic mass is 9.83. The van der Waals surface area contributed by atoms with Crippen LogP contribution in [0.2, 0.25) is 0 Å². The van der Waals surface area contributed by atoms with E-state index >= 15 is 0 Å². The number of ether oxygens (including phenoxy) is 1. The lowest BCUT2D eigenvalue weighted by molar-refractivity contribution is -0.0794. The number of fused-ring (bicyclic) bond motifs is 4. The summed E-state index contributed by atoms with van der Waals surface area (Å²) in [6.45, 7) is 2.55. The number of hydrogen-bond acceptors (Lipinski definition) is 5. The summed E-state index contributed by atoms with van der Waals surface area (Å²) in [7, 11) is 0. The molecule has 0 unspecified atom stereocenters. The summed E-state index contributed by atoms with van der Waals surface area (Å²) in [5.74, 6) is 1.31. The smallest absolute Gasteiger partial charge is 0.318 e. The number of para-hydroxylation sites is 1. The third-order valence-electron chi connectivity index (χ3n) is 6.20. The molecule has 1 spiro atoms. The average molecular weight is 350 g/mol. The first-order valence-corrected chi connectivity index (χ1v) is 9.65. The summed E-state index contributed by atoms with van der Waals surface area (Å²) in [5.41, 5.74) is 3.74. The zero-order chi connectivity index (χ0) is 17.1. The fourth-order valence-corrected chi connectivity index (χ4v) is 4.57. The number of hydrogen-bond donors (Lipinski definition) is 1. The van der Waals surface area contributed by atoms with Gasteiger partial charge in [-0.2, -0.15) is 0 Å². The first kappa shape index (κ1) is 14.8. The van der Waals surface area contributed by atoms with Crippen molar-refractivity contribution in [1.82, 2.24) is 15.2 Å². The maximum atomic E-state index is 6.38. The van der Waals surface area contributed by atoms with Crippen LogP contribution in [0.5, 0.6) is 0 Å². The van der Waals surface area contributed by atoms with Crippen LogP contribution in [-0.2, 0) is 16.8 Å². The SMILES string of the molecule is c1ccc2c3c([nH]c2c1)C1(CCN(c2nnc(C4CC4)o2)CC1)OCC3. The van der Waals surface area contributed by atoms with Crippen molar-refractivity contribution in [3.8, 4) is 0 Å². The van der Waals surface area contributed by atoms with E-state index in [9.17, 15) is 0 Å². The van der Waals surface area contributed by atoms with E-state index in [0.29, 0.717) is 11.9 Å². The van der Waals surface area contributed by atoms with Crippen LogP contribution in [0.3, 0.4) is 0 Å². The number of anilines is 1. The van der Waals surface area contributed by atoms with Gasteiger partial charge in [0.05, 0.1) is 12.3 Å². The molecule has 1 N–H and O–H groups in total. The summed E-state index contributed by atoms with van der Waals surface area (Å²) < 4.78 is 12.3. The lowest BCUT2D eigenvalue weighted by Gasteiger charge is -2.43. The Balaban J connectivity index is 1.29. The van der Waals surface area contributed by atoms with E-state index in [4.69, 9.17) is 9.15 Å². The molecule has 6 nitrogen and oxygen atoms in total. The van der Waals surface area contributed by atoms with Crippen molar-refractivity contribution in [2.45, 2.75) is 43.6 Å². The Morgan fingerprint density at radius 2 is 1.96 bits per heavy atom. The van der Waals surface area contributed by atoms with Gasteiger partial charge in [0.2, 0.25) is 5.89 Å². The quantitative estimate of drug-likeness (QED) is 0.766. The van der Waals surface area contributed by atoms with Crippen LogP contribution in [0.25, 0.3) is 10.9 Å². The number of nitrogens with zero attached hydrogens (tertiary/aromatic N) is 3. The van der Waals surface area contributed by atoms with Gasteiger partial charge in [-0.05, 0) is 43.7 Å². The average Bonchev–Trinajstić information content (AvgIpc) is 3.28. The predicted molar refractivity (Wildman–Crippen MR) is 97.4 cm³/mol. The van der Waals surface area contributed by atoms with Crippen molar-refractivity contribution in [2.75, 3.05) is 24.6 Å². The molecule has 0 amide bonds. The fourth-order valence-electron chi connectivity index (χ4n) is 4.57. The highest BCUT2D eigenvalue weighted by Gasteiger charge is 2.43. The van der Waals surface area contributed by atoms with Crippen LogP contribution >= 0.6 is 0 Å². The highest BCUT2D eigenvalue weighted by atomic mass is 16.5. The zero-order valence-electron chi connectivity index (χ0n) is 14.7. The normalized spacial score (nSPS) is 22.1. The van der Waals surface area contributed by atoms with Crippen LogP contribution in [0.15, 0.2) is 28.7 Å². The molecule has 1 aliphatic carbocycles. The number of nitrogens with one attached hydrogen (secondary N) is 1. The molecule has 1 saturated carbocycles.